The zero-order chi connectivity index (χ0) is 12.3. The second-order valence-corrected chi connectivity index (χ2v) is 4.79. The first kappa shape index (κ1) is 12.8. The van der Waals surface area contributed by atoms with Crippen molar-refractivity contribution >= 4 is 6.08 Å². The second kappa shape index (κ2) is 4.71. The Hall–Kier alpha value is -1.28. The highest BCUT2D eigenvalue weighted by molar-refractivity contribution is 5.56. The van der Waals surface area contributed by atoms with Crippen molar-refractivity contribution in [3.05, 3.63) is 35.4 Å². The molecule has 0 spiro atoms. The molecule has 0 heterocycles. The summed E-state index contributed by atoms with van der Waals surface area (Å²) >= 11 is 0. The van der Waals surface area contributed by atoms with E-state index in [0.717, 1.165) is 16.7 Å². The molecule has 0 radical (unpaired) electrons. The van der Waals surface area contributed by atoms with Crippen molar-refractivity contribution in [3.8, 4) is 5.75 Å². The predicted molar refractivity (Wildman–Crippen MR) is 67.7 cm³/mol. The van der Waals surface area contributed by atoms with Crippen molar-refractivity contribution < 1.29 is 10.2 Å². The summed E-state index contributed by atoms with van der Waals surface area (Å²) in [7, 11) is 0. The summed E-state index contributed by atoms with van der Waals surface area (Å²) in [5.74, 6) is 0.286. The number of benzene rings is 1. The topological polar surface area (TPSA) is 40.5 Å². The second-order valence-electron chi connectivity index (χ2n) is 4.79. The van der Waals surface area contributed by atoms with Gasteiger partial charge in [-0.3, -0.25) is 0 Å². The van der Waals surface area contributed by atoms with E-state index in [1.165, 1.54) is 0 Å². The van der Waals surface area contributed by atoms with Crippen LogP contribution < -0.4 is 0 Å². The minimum Gasteiger partial charge on any atom is -0.508 e. The van der Waals surface area contributed by atoms with Crippen molar-refractivity contribution in [1.29, 1.82) is 0 Å². The van der Waals surface area contributed by atoms with Crippen LogP contribution >= 0.6 is 0 Å². The third-order valence-electron chi connectivity index (χ3n) is 2.99. The molecule has 2 N–H and O–H groups in total. The highest BCUT2D eigenvalue weighted by Crippen LogP contribution is 2.37. The summed E-state index contributed by atoms with van der Waals surface area (Å²) in [4.78, 5) is 0. The minimum absolute atomic E-state index is 0.120. The van der Waals surface area contributed by atoms with E-state index in [-0.39, 0.29) is 17.8 Å². The highest BCUT2D eigenvalue weighted by atomic mass is 16.3. The Morgan fingerprint density at radius 1 is 1.38 bits per heavy atom. The average molecular weight is 220 g/mol. The molecular formula is C14H20O2. The fourth-order valence-electron chi connectivity index (χ4n) is 2.20. The summed E-state index contributed by atoms with van der Waals surface area (Å²) in [5.41, 5.74) is 2.64. The van der Waals surface area contributed by atoms with E-state index < -0.39 is 0 Å². The lowest BCUT2D eigenvalue weighted by molar-refractivity contribution is 0.250. The van der Waals surface area contributed by atoms with Crippen LogP contribution in [-0.2, 0) is 5.41 Å². The van der Waals surface area contributed by atoms with Gasteiger partial charge in [-0.2, -0.15) is 0 Å². The Morgan fingerprint density at radius 3 is 2.44 bits per heavy atom. The van der Waals surface area contributed by atoms with Crippen molar-refractivity contribution in [2.75, 3.05) is 6.61 Å². The van der Waals surface area contributed by atoms with Crippen LogP contribution in [-0.4, -0.2) is 16.8 Å². The normalized spacial score (nSPS) is 11.5. The summed E-state index contributed by atoms with van der Waals surface area (Å²) in [6.07, 6.45) is 2.35. The predicted octanol–water partition coefficient (Wildman–Crippen LogP) is 3.00. The molecule has 0 saturated carbocycles. The van der Waals surface area contributed by atoms with Crippen molar-refractivity contribution in [1.82, 2.24) is 0 Å². The van der Waals surface area contributed by atoms with Gasteiger partial charge < -0.3 is 10.2 Å². The molecule has 2 nitrogen and oxygen atoms in total. The molecule has 0 aliphatic heterocycles. The Morgan fingerprint density at radius 2 is 2.00 bits per heavy atom. The van der Waals surface area contributed by atoms with Gasteiger partial charge in [0.1, 0.15) is 5.75 Å². The van der Waals surface area contributed by atoms with E-state index in [0.29, 0.717) is 6.42 Å². The van der Waals surface area contributed by atoms with Crippen molar-refractivity contribution in [2.24, 2.45) is 0 Å². The number of aliphatic hydroxyl groups is 1. The van der Waals surface area contributed by atoms with Gasteiger partial charge in [-0.15, -0.1) is 0 Å². The Kier molecular flexibility index (Phi) is 3.76. The van der Waals surface area contributed by atoms with E-state index in [4.69, 9.17) is 5.11 Å². The first-order chi connectivity index (χ1) is 7.42. The minimum atomic E-state index is -0.220. The molecule has 1 rings (SSSR count). The van der Waals surface area contributed by atoms with Crippen molar-refractivity contribution in [2.45, 2.75) is 32.6 Å². The molecule has 88 valence electrons. The summed E-state index contributed by atoms with van der Waals surface area (Å²) in [5, 5.41) is 19.1. The largest absolute Gasteiger partial charge is 0.508 e. The van der Waals surface area contributed by atoms with E-state index >= 15 is 0 Å². The molecule has 0 fully saturated rings. The Bertz CT molecular complexity index is 369. The van der Waals surface area contributed by atoms with Crippen LogP contribution in [0.1, 0.15) is 37.0 Å². The fourth-order valence-corrected chi connectivity index (χ4v) is 2.20. The number of hydrogen-bond acceptors (Lipinski definition) is 2. The summed E-state index contributed by atoms with van der Waals surface area (Å²) in [6.45, 7) is 9.84. The van der Waals surface area contributed by atoms with Gasteiger partial charge in [-0.05, 0) is 36.0 Å². The van der Waals surface area contributed by atoms with E-state index in [1.807, 2.05) is 26.8 Å². The molecule has 16 heavy (non-hydrogen) atoms. The molecular weight excluding hydrogens is 200 g/mol. The van der Waals surface area contributed by atoms with Gasteiger partial charge in [0.05, 0.1) is 0 Å². The molecule has 0 aliphatic carbocycles. The molecule has 0 bridgehead atoms. The lowest BCUT2D eigenvalue weighted by Gasteiger charge is -2.27. The van der Waals surface area contributed by atoms with Crippen LogP contribution in [0.15, 0.2) is 18.7 Å². The van der Waals surface area contributed by atoms with Crippen LogP contribution in [0.25, 0.3) is 6.08 Å². The lowest BCUT2D eigenvalue weighted by Crippen LogP contribution is -2.20. The van der Waals surface area contributed by atoms with Crippen molar-refractivity contribution in [3.63, 3.8) is 0 Å². The number of aryl methyl sites for hydroxylation is 1. The first-order valence-electron chi connectivity index (χ1n) is 5.50. The third kappa shape index (κ3) is 2.45. The molecule has 2 heteroatoms. The van der Waals surface area contributed by atoms with E-state index in [9.17, 15) is 5.11 Å². The van der Waals surface area contributed by atoms with Gasteiger partial charge in [0.15, 0.2) is 0 Å². The van der Waals surface area contributed by atoms with Gasteiger partial charge >= 0.3 is 0 Å². The zero-order valence-corrected chi connectivity index (χ0v) is 10.2. The SMILES string of the molecule is C=Cc1cc(C)c(C(C)(C)CCO)c(O)c1. The monoisotopic (exact) mass is 220 g/mol. The Balaban J connectivity index is 3.29. The van der Waals surface area contributed by atoms with Gasteiger partial charge in [0, 0.05) is 12.2 Å². The van der Waals surface area contributed by atoms with Gasteiger partial charge in [-0.1, -0.05) is 32.6 Å². The fraction of sp³-hybridized carbons (Fsp3) is 0.429. The van der Waals surface area contributed by atoms with Gasteiger partial charge in [0.2, 0.25) is 0 Å². The lowest BCUT2D eigenvalue weighted by atomic mass is 9.78. The van der Waals surface area contributed by atoms with E-state index in [1.54, 1.807) is 12.1 Å². The molecule has 1 aromatic rings. The Labute approximate surface area is 97.2 Å². The maximum Gasteiger partial charge on any atom is 0.120 e. The molecule has 0 amide bonds. The van der Waals surface area contributed by atoms with Gasteiger partial charge in [-0.25, -0.2) is 0 Å². The molecule has 1 aromatic carbocycles. The molecule has 0 unspecified atom stereocenters. The van der Waals surface area contributed by atoms with Crippen LogP contribution in [0.3, 0.4) is 0 Å². The maximum atomic E-state index is 10.0. The molecule has 0 atom stereocenters. The quantitative estimate of drug-likeness (QED) is 0.819. The highest BCUT2D eigenvalue weighted by Gasteiger charge is 2.25. The summed E-state index contributed by atoms with van der Waals surface area (Å²) in [6, 6.07) is 3.72. The number of hydrogen-bond donors (Lipinski definition) is 2. The smallest absolute Gasteiger partial charge is 0.120 e. The number of phenols is 1. The third-order valence-corrected chi connectivity index (χ3v) is 2.99. The van der Waals surface area contributed by atoms with Crippen LogP contribution in [0, 0.1) is 6.92 Å². The number of aromatic hydroxyl groups is 1. The van der Waals surface area contributed by atoms with Crippen LogP contribution in [0.5, 0.6) is 5.75 Å². The number of aliphatic hydroxyl groups excluding tert-OH is 1. The van der Waals surface area contributed by atoms with E-state index in [2.05, 4.69) is 6.58 Å². The maximum absolute atomic E-state index is 10.0. The van der Waals surface area contributed by atoms with Crippen LogP contribution in [0.2, 0.25) is 0 Å². The number of phenolic OH excluding ortho intramolecular Hbond substituents is 1. The zero-order valence-electron chi connectivity index (χ0n) is 10.2. The van der Waals surface area contributed by atoms with Crippen LogP contribution in [0.4, 0.5) is 0 Å². The average Bonchev–Trinajstić information content (AvgIpc) is 2.15. The molecule has 0 saturated heterocycles. The summed E-state index contributed by atoms with van der Waals surface area (Å²) < 4.78 is 0. The number of rotatable bonds is 4. The first-order valence-corrected chi connectivity index (χ1v) is 5.50. The molecule has 0 aliphatic rings. The van der Waals surface area contributed by atoms with Gasteiger partial charge in [0.25, 0.3) is 0 Å². The standard InChI is InChI=1S/C14H20O2/c1-5-11-8-10(2)13(12(16)9-11)14(3,4)6-7-15/h5,8-9,15-16H,1,6-7H2,2-4H3. The molecule has 0 aromatic heterocycles.